The van der Waals surface area contributed by atoms with Crippen molar-refractivity contribution in [1.82, 2.24) is 20.2 Å². The SMILES string of the molecule is COCCNc1nnc(SC(C)c2nc3sc(C)c(C)c3c(=O)[nH]2)s1. The molecule has 2 N–H and O–H groups in total. The standard InChI is InChI=1S/C15H19N5O2S3/c1-7-8(2)23-13-10(7)12(21)17-11(18-13)9(3)24-15-20-19-14(25-15)16-5-6-22-4/h9H,5-6H2,1-4H3,(H,16,19)(H,17,18,21). The Morgan fingerprint density at radius 1 is 1.32 bits per heavy atom. The van der Waals surface area contributed by atoms with Crippen LogP contribution in [0.5, 0.6) is 0 Å². The van der Waals surface area contributed by atoms with Gasteiger partial charge in [-0.1, -0.05) is 23.1 Å². The average Bonchev–Trinajstić information content (AvgIpc) is 3.12. The lowest BCUT2D eigenvalue weighted by molar-refractivity contribution is 0.211. The molecule has 0 aliphatic rings. The number of aryl methyl sites for hydroxylation is 2. The molecule has 3 heterocycles. The summed E-state index contributed by atoms with van der Waals surface area (Å²) in [7, 11) is 1.66. The second-order valence-electron chi connectivity index (χ2n) is 5.47. The molecule has 0 radical (unpaired) electrons. The molecule has 7 nitrogen and oxygen atoms in total. The van der Waals surface area contributed by atoms with Crippen molar-refractivity contribution in [3.05, 3.63) is 26.6 Å². The number of H-pyrrole nitrogens is 1. The van der Waals surface area contributed by atoms with Crippen LogP contribution in [0, 0.1) is 13.8 Å². The van der Waals surface area contributed by atoms with Gasteiger partial charge >= 0.3 is 0 Å². The van der Waals surface area contributed by atoms with Crippen LogP contribution in [-0.2, 0) is 4.74 Å². The lowest BCUT2D eigenvalue weighted by atomic mass is 10.2. The Balaban J connectivity index is 1.76. The largest absolute Gasteiger partial charge is 0.383 e. The molecule has 0 saturated carbocycles. The molecule has 0 amide bonds. The van der Waals surface area contributed by atoms with Crippen LogP contribution in [0.15, 0.2) is 9.13 Å². The molecule has 0 bridgehead atoms. The monoisotopic (exact) mass is 397 g/mol. The number of fused-ring (bicyclic) bond motifs is 1. The second kappa shape index (κ2) is 7.81. The summed E-state index contributed by atoms with van der Waals surface area (Å²) in [5, 5.41) is 12.9. The van der Waals surface area contributed by atoms with Crippen LogP contribution in [0.1, 0.15) is 28.4 Å². The molecule has 134 valence electrons. The molecule has 10 heteroatoms. The van der Waals surface area contributed by atoms with Gasteiger partial charge in [-0.05, 0) is 26.3 Å². The first-order chi connectivity index (χ1) is 12.0. The van der Waals surface area contributed by atoms with Crippen LogP contribution in [-0.4, -0.2) is 40.4 Å². The number of thiophene rings is 1. The molecule has 3 aromatic heterocycles. The van der Waals surface area contributed by atoms with E-state index in [0.717, 1.165) is 24.7 Å². The number of methoxy groups -OCH3 is 1. The van der Waals surface area contributed by atoms with E-state index in [0.29, 0.717) is 24.4 Å². The van der Waals surface area contributed by atoms with E-state index in [1.165, 1.54) is 23.1 Å². The van der Waals surface area contributed by atoms with E-state index in [2.05, 4.69) is 25.5 Å². The zero-order valence-corrected chi connectivity index (χ0v) is 16.8. The summed E-state index contributed by atoms with van der Waals surface area (Å²) in [6.45, 7) is 7.28. The molecule has 0 spiro atoms. The van der Waals surface area contributed by atoms with Crippen molar-refractivity contribution >= 4 is 49.8 Å². The van der Waals surface area contributed by atoms with E-state index in [9.17, 15) is 4.79 Å². The fraction of sp³-hybridized carbons (Fsp3) is 0.467. The van der Waals surface area contributed by atoms with Crippen molar-refractivity contribution in [3.63, 3.8) is 0 Å². The van der Waals surface area contributed by atoms with Crippen molar-refractivity contribution < 1.29 is 4.74 Å². The molecular weight excluding hydrogens is 378 g/mol. The molecule has 0 aliphatic carbocycles. The minimum atomic E-state index is -0.0755. The number of aromatic nitrogens is 4. The average molecular weight is 398 g/mol. The van der Waals surface area contributed by atoms with Gasteiger partial charge < -0.3 is 15.0 Å². The molecule has 0 saturated heterocycles. The summed E-state index contributed by atoms with van der Waals surface area (Å²) in [6.07, 6.45) is 0. The topological polar surface area (TPSA) is 92.8 Å². The van der Waals surface area contributed by atoms with Gasteiger partial charge in [0.2, 0.25) is 5.13 Å². The molecule has 0 aliphatic heterocycles. The summed E-state index contributed by atoms with van der Waals surface area (Å²) in [6, 6.07) is 0. The van der Waals surface area contributed by atoms with Crippen molar-refractivity contribution in [2.75, 3.05) is 25.6 Å². The maximum absolute atomic E-state index is 12.4. The van der Waals surface area contributed by atoms with Crippen molar-refractivity contribution in [1.29, 1.82) is 0 Å². The van der Waals surface area contributed by atoms with Crippen LogP contribution in [0.4, 0.5) is 5.13 Å². The Morgan fingerprint density at radius 2 is 2.12 bits per heavy atom. The normalized spacial score (nSPS) is 12.6. The first-order valence-electron chi connectivity index (χ1n) is 7.72. The molecular formula is C15H19N5O2S3. The van der Waals surface area contributed by atoms with Crippen LogP contribution in [0.2, 0.25) is 0 Å². The third-order valence-electron chi connectivity index (χ3n) is 3.71. The molecule has 1 atom stereocenters. The van der Waals surface area contributed by atoms with E-state index in [1.54, 1.807) is 18.4 Å². The Morgan fingerprint density at radius 3 is 2.88 bits per heavy atom. The van der Waals surface area contributed by atoms with Gasteiger partial charge in [-0.15, -0.1) is 21.5 Å². The molecule has 0 fully saturated rings. The molecule has 3 aromatic rings. The summed E-state index contributed by atoms with van der Waals surface area (Å²) in [5.41, 5.74) is 0.935. The van der Waals surface area contributed by atoms with Crippen LogP contribution in [0.25, 0.3) is 10.2 Å². The summed E-state index contributed by atoms with van der Waals surface area (Å²) >= 11 is 4.57. The number of ether oxygens (including phenoxy) is 1. The predicted octanol–water partition coefficient (Wildman–Crippen LogP) is 3.36. The third-order valence-corrected chi connectivity index (χ3v) is 6.88. The highest BCUT2D eigenvalue weighted by molar-refractivity contribution is 8.01. The predicted molar refractivity (Wildman–Crippen MR) is 104 cm³/mol. The maximum atomic E-state index is 12.4. The molecule has 25 heavy (non-hydrogen) atoms. The van der Waals surface area contributed by atoms with Gasteiger partial charge in [-0.25, -0.2) is 4.98 Å². The fourth-order valence-corrected chi connectivity index (χ4v) is 5.28. The fourth-order valence-electron chi connectivity index (χ4n) is 2.26. The van der Waals surface area contributed by atoms with Gasteiger partial charge in [0.05, 0.1) is 17.2 Å². The zero-order chi connectivity index (χ0) is 18.0. The van der Waals surface area contributed by atoms with Crippen molar-refractivity contribution in [2.24, 2.45) is 0 Å². The number of anilines is 1. The van der Waals surface area contributed by atoms with Gasteiger partial charge in [-0.3, -0.25) is 4.79 Å². The van der Waals surface area contributed by atoms with Gasteiger partial charge in [0.1, 0.15) is 10.7 Å². The summed E-state index contributed by atoms with van der Waals surface area (Å²) in [4.78, 5) is 21.9. The Bertz CT molecular complexity index is 933. The lowest BCUT2D eigenvalue weighted by Gasteiger charge is -2.07. The number of hydrogen-bond acceptors (Lipinski definition) is 9. The maximum Gasteiger partial charge on any atom is 0.259 e. The highest BCUT2D eigenvalue weighted by Crippen LogP contribution is 2.36. The van der Waals surface area contributed by atoms with Crippen LogP contribution >= 0.6 is 34.4 Å². The van der Waals surface area contributed by atoms with Crippen molar-refractivity contribution in [2.45, 2.75) is 30.4 Å². The highest BCUT2D eigenvalue weighted by Gasteiger charge is 2.17. The molecule has 1 unspecified atom stereocenters. The highest BCUT2D eigenvalue weighted by atomic mass is 32.2. The minimum absolute atomic E-state index is 0.0282. The number of rotatable bonds is 7. The van der Waals surface area contributed by atoms with E-state index in [-0.39, 0.29) is 10.8 Å². The van der Waals surface area contributed by atoms with Crippen LogP contribution in [0.3, 0.4) is 0 Å². The van der Waals surface area contributed by atoms with E-state index in [4.69, 9.17) is 4.74 Å². The number of nitrogens with one attached hydrogen (secondary N) is 2. The second-order valence-corrected chi connectivity index (χ2v) is 9.24. The number of nitrogens with zero attached hydrogens (tertiary/aromatic N) is 3. The third kappa shape index (κ3) is 4.02. The Labute approximate surface area is 157 Å². The number of thioether (sulfide) groups is 1. The number of hydrogen-bond donors (Lipinski definition) is 2. The quantitative estimate of drug-likeness (QED) is 0.466. The Hall–Kier alpha value is -1.49. The summed E-state index contributed by atoms with van der Waals surface area (Å²) < 4.78 is 5.82. The lowest BCUT2D eigenvalue weighted by Crippen LogP contribution is -2.12. The van der Waals surface area contributed by atoms with E-state index >= 15 is 0 Å². The first-order valence-corrected chi connectivity index (χ1v) is 10.2. The number of aromatic amines is 1. The Kier molecular flexibility index (Phi) is 5.72. The minimum Gasteiger partial charge on any atom is -0.383 e. The molecule has 0 aromatic carbocycles. The molecule has 3 rings (SSSR count). The van der Waals surface area contributed by atoms with Gasteiger partial charge in [0.15, 0.2) is 4.34 Å². The summed E-state index contributed by atoms with van der Waals surface area (Å²) in [5.74, 6) is 0.660. The smallest absolute Gasteiger partial charge is 0.259 e. The zero-order valence-electron chi connectivity index (χ0n) is 14.4. The van der Waals surface area contributed by atoms with Gasteiger partial charge in [0, 0.05) is 18.5 Å². The first kappa shape index (κ1) is 18.3. The van der Waals surface area contributed by atoms with Gasteiger partial charge in [-0.2, -0.15) is 0 Å². The van der Waals surface area contributed by atoms with Crippen LogP contribution < -0.4 is 10.9 Å². The van der Waals surface area contributed by atoms with Crippen molar-refractivity contribution in [3.8, 4) is 0 Å². The van der Waals surface area contributed by atoms with E-state index in [1.807, 2.05) is 20.8 Å². The van der Waals surface area contributed by atoms with E-state index < -0.39 is 0 Å². The van der Waals surface area contributed by atoms with Gasteiger partial charge in [0.25, 0.3) is 5.56 Å².